The highest BCUT2D eigenvalue weighted by atomic mass is 35.5. The van der Waals surface area contributed by atoms with Crippen molar-refractivity contribution in [1.82, 2.24) is 5.32 Å². The standard InChI is InChI=1S/C18H22ClN/c1-12(2)20-11-15-5-6-17(19)10-18(15)16-8-13(3)7-14(4)9-16/h5-10,12,20H,11H2,1-4H3. The van der Waals surface area contributed by atoms with Gasteiger partial charge in [0.15, 0.2) is 0 Å². The lowest BCUT2D eigenvalue weighted by molar-refractivity contribution is 0.589. The Hall–Kier alpha value is -1.31. The van der Waals surface area contributed by atoms with Gasteiger partial charge in [0.25, 0.3) is 0 Å². The molecule has 0 atom stereocenters. The van der Waals surface area contributed by atoms with Crippen LogP contribution in [0.2, 0.25) is 5.02 Å². The molecular weight excluding hydrogens is 266 g/mol. The van der Waals surface area contributed by atoms with E-state index in [1.54, 1.807) is 0 Å². The normalized spacial score (nSPS) is 11.1. The van der Waals surface area contributed by atoms with Crippen LogP contribution in [0.1, 0.15) is 30.5 Å². The fourth-order valence-corrected chi connectivity index (χ4v) is 2.59. The molecule has 20 heavy (non-hydrogen) atoms. The first-order chi connectivity index (χ1) is 9.45. The van der Waals surface area contributed by atoms with Crippen molar-refractivity contribution in [2.75, 3.05) is 0 Å². The average Bonchev–Trinajstić information content (AvgIpc) is 2.36. The quantitative estimate of drug-likeness (QED) is 0.823. The van der Waals surface area contributed by atoms with Crippen molar-refractivity contribution in [2.24, 2.45) is 0 Å². The van der Waals surface area contributed by atoms with E-state index < -0.39 is 0 Å². The van der Waals surface area contributed by atoms with Crippen molar-refractivity contribution in [3.63, 3.8) is 0 Å². The fourth-order valence-electron chi connectivity index (χ4n) is 2.42. The van der Waals surface area contributed by atoms with Crippen LogP contribution >= 0.6 is 11.6 Å². The minimum absolute atomic E-state index is 0.470. The molecule has 1 N–H and O–H groups in total. The first-order valence-electron chi connectivity index (χ1n) is 7.06. The molecule has 0 aliphatic carbocycles. The molecule has 106 valence electrons. The van der Waals surface area contributed by atoms with E-state index in [4.69, 9.17) is 11.6 Å². The van der Waals surface area contributed by atoms with E-state index in [1.807, 2.05) is 6.07 Å². The molecule has 2 aromatic carbocycles. The second-order valence-electron chi connectivity index (χ2n) is 5.71. The highest BCUT2D eigenvalue weighted by molar-refractivity contribution is 6.30. The van der Waals surface area contributed by atoms with Gasteiger partial charge in [0.1, 0.15) is 0 Å². The zero-order valence-electron chi connectivity index (χ0n) is 12.6. The Morgan fingerprint density at radius 2 is 1.65 bits per heavy atom. The van der Waals surface area contributed by atoms with E-state index in [2.05, 4.69) is 63.3 Å². The van der Waals surface area contributed by atoms with E-state index in [0.717, 1.165) is 11.6 Å². The monoisotopic (exact) mass is 287 g/mol. The molecular formula is C18H22ClN. The lowest BCUT2D eigenvalue weighted by Gasteiger charge is -2.14. The van der Waals surface area contributed by atoms with Gasteiger partial charge >= 0.3 is 0 Å². The van der Waals surface area contributed by atoms with Crippen molar-refractivity contribution < 1.29 is 0 Å². The van der Waals surface area contributed by atoms with Crippen LogP contribution in [0, 0.1) is 13.8 Å². The second-order valence-corrected chi connectivity index (χ2v) is 6.15. The van der Waals surface area contributed by atoms with Gasteiger partial charge in [-0.2, -0.15) is 0 Å². The van der Waals surface area contributed by atoms with Gasteiger partial charge in [-0.05, 0) is 42.7 Å². The summed E-state index contributed by atoms with van der Waals surface area (Å²) in [6.07, 6.45) is 0. The van der Waals surface area contributed by atoms with Gasteiger partial charge in [-0.25, -0.2) is 0 Å². The number of halogens is 1. The minimum atomic E-state index is 0.470. The summed E-state index contributed by atoms with van der Waals surface area (Å²) in [5, 5.41) is 4.26. The van der Waals surface area contributed by atoms with Crippen LogP contribution in [-0.2, 0) is 6.54 Å². The molecule has 2 rings (SSSR count). The molecule has 0 saturated heterocycles. The highest BCUT2D eigenvalue weighted by Gasteiger charge is 2.08. The topological polar surface area (TPSA) is 12.0 Å². The van der Waals surface area contributed by atoms with Gasteiger partial charge in [-0.15, -0.1) is 0 Å². The molecule has 0 fully saturated rings. The van der Waals surface area contributed by atoms with Crippen molar-refractivity contribution in [3.05, 3.63) is 58.1 Å². The summed E-state index contributed by atoms with van der Waals surface area (Å²) in [6, 6.07) is 13.2. The maximum absolute atomic E-state index is 6.19. The zero-order valence-corrected chi connectivity index (χ0v) is 13.4. The van der Waals surface area contributed by atoms with Crippen LogP contribution in [-0.4, -0.2) is 6.04 Å². The summed E-state index contributed by atoms with van der Waals surface area (Å²) in [7, 11) is 0. The maximum Gasteiger partial charge on any atom is 0.0412 e. The molecule has 0 aromatic heterocycles. The van der Waals surface area contributed by atoms with E-state index in [1.165, 1.54) is 27.8 Å². The molecule has 0 spiro atoms. The molecule has 0 heterocycles. The summed E-state index contributed by atoms with van der Waals surface area (Å²) < 4.78 is 0. The molecule has 0 radical (unpaired) electrons. The van der Waals surface area contributed by atoms with E-state index in [-0.39, 0.29) is 0 Å². The van der Waals surface area contributed by atoms with Crippen LogP contribution in [0.3, 0.4) is 0 Å². The minimum Gasteiger partial charge on any atom is -0.310 e. The van der Waals surface area contributed by atoms with Gasteiger partial charge < -0.3 is 5.32 Å². The lowest BCUT2D eigenvalue weighted by Crippen LogP contribution is -2.22. The van der Waals surface area contributed by atoms with Crippen molar-refractivity contribution in [3.8, 4) is 11.1 Å². The maximum atomic E-state index is 6.19. The molecule has 0 unspecified atom stereocenters. The Balaban J connectivity index is 2.45. The van der Waals surface area contributed by atoms with Crippen molar-refractivity contribution >= 4 is 11.6 Å². The Bertz CT molecular complexity index is 582. The van der Waals surface area contributed by atoms with Crippen LogP contribution in [0.15, 0.2) is 36.4 Å². The predicted molar refractivity (Wildman–Crippen MR) is 88.3 cm³/mol. The predicted octanol–water partition coefficient (Wildman–Crippen LogP) is 5.12. The summed E-state index contributed by atoms with van der Waals surface area (Å²) in [4.78, 5) is 0. The van der Waals surface area contributed by atoms with Gasteiger partial charge in [-0.1, -0.05) is 60.8 Å². The molecule has 0 amide bonds. The van der Waals surface area contributed by atoms with E-state index in [9.17, 15) is 0 Å². The Labute approximate surface area is 127 Å². The van der Waals surface area contributed by atoms with Crippen LogP contribution < -0.4 is 5.32 Å². The molecule has 0 bridgehead atoms. The van der Waals surface area contributed by atoms with Crippen molar-refractivity contribution in [1.29, 1.82) is 0 Å². The Morgan fingerprint density at radius 3 is 2.25 bits per heavy atom. The first-order valence-corrected chi connectivity index (χ1v) is 7.44. The Morgan fingerprint density at radius 1 is 1.00 bits per heavy atom. The second kappa shape index (κ2) is 6.43. The van der Waals surface area contributed by atoms with Gasteiger partial charge in [0, 0.05) is 17.6 Å². The fraction of sp³-hybridized carbons (Fsp3) is 0.333. The smallest absolute Gasteiger partial charge is 0.0412 e. The van der Waals surface area contributed by atoms with Crippen LogP contribution in [0.25, 0.3) is 11.1 Å². The lowest BCUT2D eigenvalue weighted by atomic mass is 9.96. The summed E-state index contributed by atoms with van der Waals surface area (Å²) in [5.74, 6) is 0. The third-order valence-corrected chi connectivity index (χ3v) is 3.54. The summed E-state index contributed by atoms with van der Waals surface area (Å²) >= 11 is 6.19. The molecule has 0 aliphatic rings. The number of hydrogen-bond acceptors (Lipinski definition) is 1. The average molecular weight is 288 g/mol. The molecule has 2 aromatic rings. The summed E-state index contributed by atoms with van der Waals surface area (Å²) in [5.41, 5.74) is 6.31. The van der Waals surface area contributed by atoms with E-state index in [0.29, 0.717) is 6.04 Å². The SMILES string of the molecule is Cc1cc(C)cc(-c2cc(Cl)ccc2CNC(C)C)c1. The van der Waals surface area contributed by atoms with Gasteiger partial charge in [0.2, 0.25) is 0 Å². The van der Waals surface area contributed by atoms with Gasteiger partial charge in [0.05, 0.1) is 0 Å². The molecule has 0 saturated carbocycles. The number of nitrogens with one attached hydrogen (secondary N) is 1. The molecule has 0 aliphatic heterocycles. The third kappa shape index (κ3) is 3.84. The van der Waals surface area contributed by atoms with Crippen LogP contribution in [0.4, 0.5) is 0 Å². The number of rotatable bonds is 4. The van der Waals surface area contributed by atoms with Gasteiger partial charge in [-0.3, -0.25) is 0 Å². The zero-order chi connectivity index (χ0) is 14.7. The third-order valence-electron chi connectivity index (χ3n) is 3.31. The summed E-state index contributed by atoms with van der Waals surface area (Å²) in [6.45, 7) is 9.44. The first kappa shape index (κ1) is 15.1. The highest BCUT2D eigenvalue weighted by Crippen LogP contribution is 2.28. The largest absolute Gasteiger partial charge is 0.310 e. The van der Waals surface area contributed by atoms with E-state index >= 15 is 0 Å². The van der Waals surface area contributed by atoms with Crippen molar-refractivity contribution in [2.45, 2.75) is 40.3 Å². The molecule has 1 nitrogen and oxygen atoms in total. The number of hydrogen-bond donors (Lipinski definition) is 1. The molecule has 2 heteroatoms. The Kier molecular flexibility index (Phi) is 4.85. The number of aryl methyl sites for hydroxylation is 2. The van der Waals surface area contributed by atoms with Crippen LogP contribution in [0.5, 0.6) is 0 Å². The number of benzene rings is 2.